The van der Waals surface area contributed by atoms with Gasteiger partial charge < -0.3 is 9.59 Å². The number of quaternary nitrogens is 1. The molecule has 0 fully saturated rings. The number of unbranched alkanes of at least 4 members (excludes halogenated alkanes) is 13. The van der Waals surface area contributed by atoms with E-state index in [1.807, 2.05) is 30.3 Å². The predicted molar refractivity (Wildman–Crippen MR) is 153 cm³/mol. The molecule has 0 saturated heterocycles. The van der Waals surface area contributed by atoms with E-state index in [0.29, 0.717) is 0 Å². The van der Waals surface area contributed by atoms with Gasteiger partial charge in [-0.25, -0.2) is 0 Å². The Bertz CT molecular complexity index is 708. The van der Waals surface area contributed by atoms with Crippen molar-refractivity contribution in [1.29, 1.82) is 0 Å². The third-order valence-electron chi connectivity index (χ3n) is 7.15. The highest BCUT2D eigenvalue weighted by Crippen LogP contribution is 2.14. The van der Waals surface area contributed by atoms with E-state index in [1.54, 1.807) is 12.1 Å². The number of hydrogen-bond donors (Lipinski definition) is 0. The molecule has 0 amide bonds. The average Bonchev–Trinajstić information content (AvgIpc) is 2.87. The first-order valence-electron chi connectivity index (χ1n) is 14.6. The second-order valence-corrected chi connectivity index (χ2v) is 10.9. The van der Waals surface area contributed by atoms with Gasteiger partial charge in [0.2, 0.25) is 0 Å². The van der Waals surface area contributed by atoms with Gasteiger partial charge in [0, 0.05) is 0 Å². The maximum Gasteiger partial charge on any atom is 0.0782 e. The minimum Gasteiger partial charge on any atom is -0.872 e. The van der Waals surface area contributed by atoms with Gasteiger partial charge in [-0.3, -0.25) is 0 Å². The summed E-state index contributed by atoms with van der Waals surface area (Å²) in [6.45, 7) is 7.21. The Kier molecular flexibility index (Phi) is 18.2. The fraction of sp³-hybridized carbons (Fsp3) is 0.636. The van der Waals surface area contributed by atoms with E-state index >= 15 is 0 Å². The van der Waals surface area contributed by atoms with Gasteiger partial charge in [-0.15, -0.1) is 5.75 Å². The highest BCUT2D eigenvalue weighted by atomic mass is 16.3. The molecule has 35 heavy (non-hydrogen) atoms. The van der Waals surface area contributed by atoms with Crippen LogP contribution in [0.1, 0.15) is 115 Å². The van der Waals surface area contributed by atoms with Crippen molar-refractivity contribution >= 4 is 0 Å². The Balaban J connectivity index is 0.000000375. The van der Waals surface area contributed by atoms with Crippen LogP contribution in [0.15, 0.2) is 54.6 Å². The molecule has 0 aliphatic rings. The van der Waals surface area contributed by atoms with Crippen LogP contribution in [-0.4, -0.2) is 31.7 Å². The Morgan fingerprint density at radius 1 is 0.543 bits per heavy atom. The van der Waals surface area contributed by atoms with E-state index in [4.69, 9.17) is 0 Å². The van der Waals surface area contributed by atoms with Crippen LogP contribution in [0.4, 0.5) is 0 Å². The van der Waals surface area contributed by atoms with E-state index in [1.165, 1.54) is 119 Å². The predicted octanol–water partition coefficient (Wildman–Crippen LogP) is 8.92. The molecular formula is C33H55NO. The molecule has 2 aromatic rings. The van der Waals surface area contributed by atoms with Gasteiger partial charge in [-0.2, -0.15) is 0 Å². The van der Waals surface area contributed by atoms with Crippen molar-refractivity contribution in [1.82, 2.24) is 0 Å². The smallest absolute Gasteiger partial charge is 0.0782 e. The minimum absolute atomic E-state index is 0.0711. The molecule has 0 aromatic heterocycles. The van der Waals surface area contributed by atoms with Gasteiger partial charge in [-0.1, -0.05) is 139 Å². The number of benzene rings is 2. The summed E-state index contributed by atoms with van der Waals surface area (Å²) >= 11 is 0. The normalized spacial score (nSPS) is 11.2. The van der Waals surface area contributed by atoms with E-state index in [9.17, 15) is 5.11 Å². The molecular weight excluding hydrogens is 426 g/mol. The molecule has 0 heterocycles. The molecule has 2 heteroatoms. The van der Waals surface area contributed by atoms with Gasteiger partial charge >= 0.3 is 0 Å². The largest absolute Gasteiger partial charge is 0.872 e. The van der Waals surface area contributed by atoms with Gasteiger partial charge in [0.1, 0.15) is 0 Å². The summed E-state index contributed by atoms with van der Waals surface area (Å²) in [6.07, 6.45) is 21.3. The van der Waals surface area contributed by atoms with Gasteiger partial charge in [0.15, 0.2) is 0 Å². The van der Waals surface area contributed by atoms with Crippen LogP contribution in [0.5, 0.6) is 5.75 Å². The molecule has 2 nitrogen and oxygen atoms in total. The lowest BCUT2D eigenvalue weighted by atomic mass is 10.0. The van der Waals surface area contributed by atoms with Crippen molar-refractivity contribution in [2.45, 2.75) is 110 Å². The number of hydrogen-bond acceptors (Lipinski definition) is 1. The summed E-state index contributed by atoms with van der Waals surface area (Å²) in [5.74, 6) is 0.0711. The lowest BCUT2D eigenvalue weighted by Crippen LogP contribution is -2.39. The van der Waals surface area contributed by atoms with E-state index in [0.717, 1.165) is 6.42 Å². The highest BCUT2D eigenvalue weighted by molar-refractivity contribution is 5.29. The quantitative estimate of drug-likeness (QED) is 0.154. The zero-order valence-corrected chi connectivity index (χ0v) is 23.6. The lowest BCUT2D eigenvalue weighted by Gasteiger charge is -2.28. The first-order chi connectivity index (χ1) is 17.0. The summed E-state index contributed by atoms with van der Waals surface area (Å²) in [4.78, 5) is 0. The van der Waals surface area contributed by atoms with E-state index in [2.05, 4.69) is 40.1 Å². The maximum atomic E-state index is 10.9. The van der Waals surface area contributed by atoms with E-state index in [-0.39, 0.29) is 5.75 Å². The third kappa shape index (κ3) is 18.2. The Hall–Kier alpha value is -1.80. The van der Waals surface area contributed by atoms with Gasteiger partial charge in [0.05, 0.1) is 27.2 Å². The van der Waals surface area contributed by atoms with Crippen LogP contribution < -0.4 is 5.11 Å². The fourth-order valence-electron chi connectivity index (χ4n) is 4.33. The van der Waals surface area contributed by atoms with Crippen LogP contribution in [0.2, 0.25) is 0 Å². The van der Waals surface area contributed by atoms with Crippen LogP contribution in [-0.2, 0) is 6.42 Å². The standard InChI is InChI=1S/C20H44N.C13H12O/c1-5-7-8-9-10-11-12-13-14-15-16-17-18-19-20-21(3,4)6-2;14-13-8-6-12(7-9-13)10-11-4-2-1-3-5-11/h5-20H2,1-4H3;1-9,14H,10H2/q+1;/p-1. The van der Waals surface area contributed by atoms with Crippen LogP contribution >= 0.6 is 0 Å². The Labute approximate surface area is 218 Å². The monoisotopic (exact) mass is 481 g/mol. The first-order valence-corrected chi connectivity index (χ1v) is 14.6. The molecule has 0 aliphatic carbocycles. The molecule has 0 unspecified atom stereocenters. The average molecular weight is 482 g/mol. The fourth-order valence-corrected chi connectivity index (χ4v) is 4.33. The van der Waals surface area contributed by atoms with Gasteiger partial charge in [-0.05, 0) is 37.3 Å². The first kappa shape index (κ1) is 31.2. The van der Waals surface area contributed by atoms with E-state index < -0.39 is 0 Å². The summed E-state index contributed by atoms with van der Waals surface area (Å²) in [5.41, 5.74) is 2.45. The summed E-state index contributed by atoms with van der Waals surface area (Å²) in [6, 6.07) is 17.2. The maximum absolute atomic E-state index is 10.9. The Morgan fingerprint density at radius 2 is 0.971 bits per heavy atom. The summed E-state index contributed by atoms with van der Waals surface area (Å²) in [5, 5.41) is 10.9. The topological polar surface area (TPSA) is 23.1 Å². The van der Waals surface area contributed by atoms with Crippen molar-refractivity contribution in [2.24, 2.45) is 0 Å². The molecule has 0 saturated carbocycles. The number of rotatable bonds is 18. The Morgan fingerprint density at radius 3 is 1.43 bits per heavy atom. The molecule has 0 spiro atoms. The van der Waals surface area contributed by atoms with Crippen molar-refractivity contribution in [3.8, 4) is 5.75 Å². The molecule has 198 valence electrons. The molecule has 0 radical (unpaired) electrons. The molecule has 0 N–H and O–H groups in total. The highest BCUT2D eigenvalue weighted by Gasteiger charge is 2.09. The van der Waals surface area contributed by atoms with Crippen LogP contribution in [0, 0.1) is 0 Å². The SMILES string of the molecule is CCCCCCCCCCCCCCCC[N+](C)(C)CC.[O-]c1ccc(Cc2ccccc2)cc1. The molecule has 0 atom stereocenters. The third-order valence-corrected chi connectivity index (χ3v) is 7.15. The molecule has 0 aliphatic heterocycles. The van der Waals surface area contributed by atoms with Crippen molar-refractivity contribution in [3.63, 3.8) is 0 Å². The molecule has 0 bridgehead atoms. The molecule has 2 rings (SSSR count). The zero-order valence-electron chi connectivity index (χ0n) is 23.6. The van der Waals surface area contributed by atoms with Crippen LogP contribution in [0.3, 0.4) is 0 Å². The van der Waals surface area contributed by atoms with Crippen molar-refractivity contribution in [3.05, 3.63) is 65.7 Å². The second kappa shape index (κ2) is 20.4. The minimum atomic E-state index is 0.0711. The summed E-state index contributed by atoms with van der Waals surface area (Å²) < 4.78 is 1.19. The van der Waals surface area contributed by atoms with Crippen molar-refractivity contribution in [2.75, 3.05) is 27.2 Å². The van der Waals surface area contributed by atoms with Gasteiger partial charge in [0.25, 0.3) is 0 Å². The molecule has 2 aromatic carbocycles. The zero-order chi connectivity index (χ0) is 25.6. The second-order valence-electron chi connectivity index (χ2n) is 10.9. The van der Waals surface area contributed by atoms with Crippen molar-refractivity contribution < 1.29 is 9.59 Å². The summed E-state index contributed by atoms with van der Waals surface area (Å²) in [7, 11) is 4.70. The number of nitrogens with zero attached hydrogens (tertiary/aromatic N) is 1. The van der Waals surface area contributed by atoms with Crippen LogP contribution in [0.25, 0.3) is 0 Å². The lowest BCUT2D eigenvalue weighted by molar-refractivity contribution is -0.888.